The van der Waals surface area contributed by atoms with Crippen LogP contribution >= 0.6 is 0 Å². The molecule has 1 aliphatic rings. The molecule has 110 valence electrons. The Morgan fingerprint density at radius 3 is 2.65 bits per heavy atom. The van der Waals surface area contributed by atoms with Gasteiger partial charge in [-0.3, -0.25) is 0 Å². The van der Waals surface area contributed by atoms with Gasteiger partial charge in [-0.05, 0) is 31.0 Å². The van der Waals surface area contributed by atoms with E-state index in [2.05, 4.69) is 0 Å². The second-order valence-corrected chi connectivity index (χ2v) is 5.12. The Morgan fingerprint density at radius 2 is 2.10 bits per heavy atom. The van der Waals surface area contributed by atoms with Gasteiger partial charge in [0.2, 0.25) is 0 Å². The van der Waals surface area contributed by atoms with Gasteiger partial charge in [-0.1, -0.05) is 6.07 Å². The lowest BCUT2D eigenvalue weighted by Crippen LogP contribution is -2.47. The van der Waals surface area contributed by atoms with Crippen molar-refractivity contribution in [2.45, 2.75) is 44.2 Å². The number of hydrogen-bond donors (Lipinski definition) is 4. The summed E-state index contributed by atoms with van der Waals surface area (Å²) in [6.07, 6.45) is -1.74. The smallest absolute Gasteiger partial charge is 0.339 e. The maximum atomic E-state index is 10.8. The number of carboxylic acid groups (broad SMARTS) is 1. The third-order valence-corrected chi connectivity index (χ3v) is 3.54. The lowest BCUT2D eigenvalue weighted by Gasteiger charge is -2.35. The highest BCUT2D eigenvalue weighted by Crippen LogP contribution is 2.25. The summed E-state index contributed by atoms with van der Waals surface area (Å²) >= 11 is 0. The predicted molar refractivity (Wildman–Crippen MR) is 69.7 cm³/mol. The number of carbonyl (C=O) groups is 1. The standard InChI is InChI=1S/C14H18O6/c1-7-13(17)12(16)6-9(20-7)4-8-2-3-10(14(18)19)11(15)5-8/h2-3,5,7,9,12-13,15-17H,4,6H2,1H3,(H,18,19)/t7?,9?,12-,13?/m1/s1. The van der Waals surface area contributed by atoms with Crippen molar-refractivity contribution < 1.29 is 30.0 Å². The summed E-state index contributed by atoms with van der Waals surface area (Å²) in [6, 6.07) is 4.33. The molecule has 0 saturated carbocycles. The van der Waals surface area contributed by atoms with Gasteiger partial charge in [-0.2, -0.15) is 0 Å². The van der Waals surface area contributed by atoms with E-state index in [-0.39, 0.29) is 17.4 Å². The fraction of sp³-hybridized carbons (Fsp3) is 0.500. The summed E-state index contributed by atoms with van der Waals surface area (Å²) in [5, 5.41) is 37.8. The minimum Gasteiger partial charge on any atom is -0.507 e. The molecule has 0 bridgehead atoms. The van der Waals surface area contributed by atoms with Crippen LogP contribution in [0.5, 0.6) is 5.75 Å². The molecule has 0 aromatic heterocycles. The monoisotopic (exact) mass is 282 g/mol. The molecule has 4 N–H and O–H groups in total. The van der Waals surface area contributed by atoms with Gasteiger partial charge in [0.1, 0.15) is 17.4 Å². The number of aromatic hydroxyl groups is 1. The van der Waals surface area contributed by atoms with Crippen LogP contribution in [0.4, 0.5) is 0 Å². The zero-order valence-corrected chi connectivity index (χ0v) is 11.1. The Balaban J connectivity index is 2.07. The van der Waals surface area contributed by atoms with Crippen LogP contribution in [0.15, 0.2) is 18.2 Å². The number of aliphatic hydroxyl groups excluding tert-OH is 2. The summed E-state index contributed by atoms with van der Waals surface area (Å²) in [7, 11) is 0. The largest absolute Gasteiger partial charge is 0.507 e. The first-order valence-corrected chi connectivity index (χ1v) is 6.45. The van der Waals surface area contributed by atoms with Gasteiger partial charge in [0.25, 0.3) is 0 Å². The first-order chi connectivity index (χ1) is 9.38. The van der Waals surface area contributed by atoms with Crippen LogP contribution in [0.2, 0.25) is 0 Å². The van der Waals surface area contributed by atoms with Crippen LogP contribution in [0.3, 0.4) is 0 Å². The zero-order valence-electron chi connectivity index (χ0n) is 11.1. The number of aliphatic hydroxyl groups is 2. The van der Waals surface area contributed by atoms with Crippen LogP contribution in [0, 0.1) is 0 Å². The van der Waals surface area contributed by atoms with E-state index in [4.69, 9.17) is 9.84 Å². The van der Waals surface area contributed by atoms with E-state index in [1.54, 1.807) is 13.0 Å². The van der Waals surface area contributed by atoms with Crippen molar-refractivity contribution in [3.8, 4) is 5.75 Å². The van der Waals surface area contributed by atoms with Crippen molar-refractivity contribution in [3.05, 3.63) is 29.3 Å². The van der Waals surface area contributed by atoms with Crippen molar-refractivity contribution in [1.29, 1.82) is 0 Å². The molecular weight excluding hydrogens is 264 g/mol. The van der Waals surface area contributed by atoms with Gasteiger partial charge in [0.05, 0.1) is 18.3 Å². The van der Waals surface area contributed by atoms with E-state index in [9.17, 15) is 20.1 Å². The Bertz CT molecular complexity index is 488. The van der Waals surface area contributed by atoms with Crippen LogP contribution in [0.1, 0.15) is 29.3 Å². The third kappa shape index (κ3) is 3.09. The molecule has 0 amide bonds. The number of rotatable bonds is 3. The first kappa shape index (κ1) is 14.8. The number of phenols is 1. The van der Waals surface area contributed by atoms with Crippen LogP contribution in [0.25, 0.3) is 0 Å². The number of hydrogen-bond acceptors (Lipinski definition) is 5. The van der Waals surface area contributed by atoms with Crippen LogP contribution in [-0.4, -0.2) is 50.8 Å². The minimum absolute atomic E-state index is 0.151. The van der Waals surface area contributed by atoms with E-state index in [1.807, 2.05) is 0 Å². The number of carboxylic acids is 1. The van der Waals surface area contributed by atoms with E-state index < -0.39 is 24.3 Å². The minimum atomic E-state index is -1.19. The molecule has 1 saturated heterocycles. The van der Waals surface area contributed by atoms with Gasteiger partial charge in [0, 0.05) is 6.42 Å². The first-order valence-electron chi connectivity index (χ1n) is 6.45. The Hall–Kier alpha value is -1.63. The molecule has 4 atom stereocenters. The SMILES string of the molecule is CC1OC(Cc2ccc(C(=O)O)c(O)c2)C[C@@H](O)C1O. The molecule has 20 heavy (non-hydrogen) atoms. The molecule has 6 heteroatoms. The molecule has 6 nitrogen and oxygen atoms in total. The highest BCUT2D eigenvalue weighted by atomic mass is 16.5. The maximum Gasteiger partial charge on any atom is 0.339 e. The molecule has 1 fully saturated rings. The molecule has 1 aromatic carbocycles. The van der Waals surface area contributed by atoms with Gasteiger partial charge in [0.15, 0.2) is 0 Å². The molecule has 2 rings (SSSR count). The Kier molecular flexibility index (Phi) is 4.27. The molecule has 1 heterocycles. The lowest BCUT2D eigenvalue weighted by molar-refractivity contribution is -0.160. The van der Waals surface area contributed by atoms with Gasteiger partial charge < -0.3 is 25.2 Å². The predicted octanol–water partition coefficient (Wildman–Crippen LogP) is 0.532. The van der Waals surface area contributed by atoms with Crippen molar-refractivity contribution in [3.63, 3.8) is 0 Å². The Morgan fingerprint density at radius 1 is 1.40 bits per heavy atom. The van der Waals surface area contributed by atoms with E-state index in [1.165, 1.54) is 12.1 Å². The highest BCUT2D eigenvalue weighted by molar-refractivity contribution is 5.90. The Labute approximate surface area is 116 Å². The lowest BCUT2D eigenvalue weighted by atomic mass is 9.94. The van der Waals surface area contributed by atoms with Gasteiger partial charge >= 0.3 is 5.97 Å². The van der Waals surface area contributed by atoms with E-state index >= 15 is 0 Å². The summed E-state index contributed by atoms with van der Waals surface area (Å²) < 4.78 is 5.58. The van der Waals surface area contributed by atoms with Gasteiger partial charge in [-0.25, -0.2) is 4.79 Å². The summed E-state index contributed by atoms with van der Waals surface area (Å²) in [6.45, 7) is 1.69. The number of aromatic carboxylic acids is 1. The summed E-state index contributed by atoms with van der Waals surface area (Å²) in [4.78, 5) is 10.8. The van der Waals surface area contributed by atoms with Crippen molar-refractivity contribution in [1.82, 2.24) is 0 Å². The average Bonchev–Trinajstić information content (AvgIpc) is 2.35. The number of ether oxygens (including phenoxy) is 1. The quantitative estimate of drug-likeness (QED) is 0.644. The van der Waals surface area contributed by atoms with Crippen LogP contribution < -0.4 is 0 Å². The molecule has 1 aromatic rings. The molecule has 0 spiro atoms. The van der Waals surface area contributed by atoms with Crippen molar-refractivity contribution >= 4 is 5.97 Å². The highest BCUT2D eigenvalue weighted by Gasteiger charge is 2.33. The normalized spacial score (nSPS) is 30.1. The van der Waals surface area contributed by atoms with E-state index in [0.717, 1.165) is 0 Å². The fourth-order valence-corrected chi connectivity index (χ4v) is 2.44. The van der Waals surface area contributed by atoms with Crippen LogP contribution in [-0.2, 0) is 11.2 Å². The zero-order chi connectivity index (χ0) is 14.9. The second-order valence-electron chi connectivity index (χ2n) is 5.12. The molecular formula is C14H18O6. The topological polar surface area (TPSA) is 107 Å². The molecule has 1 aliphatic heterocycles. The molecule has 0 aliphatic carbocycles. The van der Waals surface area contributed by atoms with Gasteiger partial charge in [-0.15, -0.1) is 0 Å². The number of benzene rings is 1. The summed E-state index contributed by atoms with van der Waals surface area (Å²) in [5.74, 6) is -1.48. The molecule has 0 radical (unpaired) electrons. The van der Waals surface area contributed by atoms with Crippen molar-refractivity contribution in [2.75, 3.05) is 0 Å². The third-order valence-electron chi connectivity index (χ3n) is 3.54. The summed E-state index contributed by atoms with van der Waals surface area (Å²) in [5.41, 5.74) is 0.565. The average molecular weight is 282 g/mol. The van der Waals surface area contributed by atoms with E-state index in [0.29, 0.717) is 18.4 Å². The maximum absolute atomic E-state index is 10.8. The fourth-order valence-electron chi connectivity index (χ4n) is 2.44. The van der Waals surface area contributed by atoms with Crippen molar-refractivity contribution in [2.24, 2.45) is 0 Å². The second kappa shape index (κ2) is 5.78. The molecule has 3 unspecified atom stereocenters.